The average Bonchev–Trinajstić information content (AvgIpc) is 2.61. The maximum Gasteiger partial charge on any atom is 0.246 e. The van der Waals surface area contributed by atoms with E-state index in [0.717, 1.165) is 5.56 Å². The molecule has 1 unspecified atom stereocenters. The molecular formula is C19H26N2O3. The summed E-state index contributed by atoms with van der Waals surface area (Å²) in [4.78, 5) is 26.2. The predicted octanol–water partition coefficient (Wildman–Crippen LogP) is 1.83. The minimum Gasteiger partial charge on any atom is -0.396 e. The van der Waals surface area contributed by atoms with Crippen molar-refractivity contribution in [3.05, 3.63) is 42.0 Å². The third-order valence-corrected chi connectivity index (χ3v) is 4.35. The Bertz CT molecular complexity index is 563. The van der Waals surface area contributed by atoms with E-state index in [2.05, 4.69) is 5.32 Å². The summed E-state index contributed by atoms with van der Waals surface area (Å²) in [6.07, 6.45) is 5.34. The normalized spacial score (nSPS) is 17.0. The van der Waals surface area contributed by atoms with Crippen LogP contribution in [0.4, 0.5) is 0 Å². The second-order valence-electron chi connectivity index (χ2n) is 6.27. The topological polar surface area (TPSA) is 69.6 Å². The Hall–Kier alpha value is -2.14. The molecule has 1 aliphatic heterocycles. The second-order valence-corrected chi connectivity index (χ2v) is 6.27. The molecule has 1 fully saturated rings. The van der Waals surface area contributed by atoms with E-state index in [0.29, 0.717) is 32.4 Å². The number of hydrogen-bond acceptors (Lipinski definition) is 3. The average molecular weight is 330 g/mol. The minimum atomic E-state index is -0.0479. The molecule has 0 saturated carbocycles. The van der Waals surface area contributed by atoms with Crippen molar-refractivity contribution in [1.29, 1.82) is 0 Å². The summed E-state index contributed by atoms with van der Waals surface area (Å²) in [5.74, 6) is -0.0254. The molecule has 0 aliphatic carbocycles. The van der Waals surface area contributed by atoms with Gasteiger partial charge in [-0.3, -0.25) is 9.59 Å². The Balaban J connectivity index is 1.78. The molecule has 1 aromatic carbocycles. The van der Waals surface area contributed by atoms with Gasteiger partial charge in [0.15, 0.2) is 0 Å². The van der Waals surface area contributed by atoms with Crippen molar-refractivity contribution >= 4 is 17.9 Å². The molecule has 130 valence electrons. The predicted molar refractivity (Wildman–Crippen MR) is 94.1 cm³/mol. The highest BCUT2D eigenvalue weighted by Gasteiger charge is 2.27. The van der Waals surface area contributed by atoms with Gasteiger partial charge in [-0.05, 0) is 37.8 Å². The fourth-order valence-corrected chi connectivity index (χ4v) is 2.83. The molecule has 0 bridgehead atoms. The molecule has 5 nitrogen and oxygen atoms in total. The van der Waals surface area contributed by atoms with Gasteiger partial charge in [-0.15, -0.1) is 0 Å². The van der Waals surface area contributed by atoms with E-state index in [1.54, 1.807) is 11.0 Å². The number of carbonyl (C=O) groups is 2. The lowest BCUT2D eigenvalue weighted by Gasteiger charge is -2.31. The van der Waals surface area contributed by atoms with Crippen LogP contribution in [0.1, 0.15) is 31.7 Å². The van der Waals surface area contributed by atoms with Gasteiger partial charge in [0, 0.05) is 37.7 Å². The van der Waals surface area contributed by atoms with E-state index in [9.17, 15) is 9.59 Å². The summed E-state index contributed by atoms with van der Waals surface area (Å²) < 4.78 is 0. The summed E-state index contributed by atoms with van der Waals surface area (Å²) >= 11 is 0. The Morgan fingerprint density at radius 3 is 2.58 bits per heavy atom. The van der Waals surface area contributed by atoms with Crippen LogP contribution < -0.4 is 5.32 Å². The monoisotopic (exact) mass is 330 g/mol. The highest BCUT2D eigenvalue weighted by atomic mass is 16.3. The van der Waals surface area contributed by atoms with E-state index in [4.69, 9.17) is 5.11 Å². The van der Waals surface area contributed by atoms with Gasteiger partial charge in [0.1, 0.15) is 0 Å². The molecule has 2 amide bonds. The molecule has 0 spiro atoms. The van der Waals surface area contributed by atoms with Crippen molar-refractivity contribution in [1.82, 2.24) is 10.2 Å². The van der Waals surface area contributed by atoms with Crippen LogP contribution in [-0.2, 0) is 9.59 Å². The number of aliphatic hydroxyl groups is 1. The summed E-state index contributed by atoms with van der Waals surface area (Å²) in [5, 5.41) is 11.8. The molecule has 24 heavy (non-hydrogen) atoms. The fraction of sp³-hybridized carbons (Fsp3) is 0.474. The molecule has 1 saturated heterocycles. The number of benzene rings is 1. The first-order valence-corrected chi connectivity index (χ1v) is 8.53. The van der Waals surface area contributed by atoms with Gasteiger partial charge in [-0.25, -0.2) is 0 Å². The molecule has 0 radical (unpaired) electrons. The molecule has 1 aromatic rings. The molecular weight excluding hydrogens is 304 g/mol. The van der Waals surface area contributed by atoms with Crippen LogP contribution in [0, 0.1) is 5.92 Å². The van der Waals surface area contributed by atoms with E-state index in [1.807, 2.05) is 43.3 Å². The number of piperidine rings is 1. The SMILES string of the molecule is CC(CCO)NC(=O)C1CCN(C(=O)/C=C/c2ccccc2)CC1. The maximum absolute atomic E-state index is 12.2. The number of nitrogens with zero attached hydrogens (tertiary/aromatic N) is 1. The van der Waals surface area contributed by atoms with E-state index in [-0.39, 0.29) is 30.4 Å². The van der Waals surface area contributed by atoms with Crippen LogP contribution in [0.5, 0.6) is 0 Å². The zero-order valence-electron chi connectivity index (χ0n) is 14.1. The second kappa shape index (κ2) is 9.23. The quantitative estimate of drug-likeness (QED) is 0.782. The lowest BCUT2D eigenvalue weighted by molar-refractivity contribution is -0.132. The van der Waals surface area contributed by atoms with Crippen molar-refractivity contribution in [2.75, 3.05) is 19.7 Å². The van der Waals surface area contributed by atoms with Gasteiger partial charge in [0.25, 0.3) is 0 Å². The number of carbonyl (C=O) groups excluding carboxylic acids is 2. The van der Waals surface area contributed by atoms with Crippen molar-refractivity contribution in [3.8, 4) is 0 Å². The van der Waals surface area contributed by atoms with Gasteiger partial charge < -0.3 is 15.3 Å². The summed E-state index contributed by atoms with van der Waals surface area (Å²) in [7, 11) is 0. The van der Waals surface area contributed by atoms with Crippen LogP contribution in [0.2, 0.25) is 0 Å². The largest absolute Gasteiger partial charge is 0.396 e. The Labute approximate surface area is 143 Å². The number of hydrogen-bond donors (Lipinski definition) is 2. The molecule has 0 aromatic heterocycles. The number of aliphatic hydroxyl groups excluding tert-OH is 1. The zero-order valence-corrected chi connectivity index (χ0v) is 14.1. The van der Waals surface area contributed by atoms with Crippen molar-refractivity contribution in [2.24, 2.45) is 5.92 Å². The molecule has 1 aliphatic rings. The van der Waals surface area contributed by atoms with E-state index >= 15 is 0 Å². The first-order valence-electron chi connectivity index (χ1n) is 8.53. The van der Waals surface area contributed by atoms with E-state index < -0.39 is 0 Å². The first kappa shape index (κ1) is 18.2. The van der Waals surface area contributed by atoms with Crippen LogP contribution >= 0.6 is 0 Å². The molecule has 2 N–H and O–H groups in total. The number of likely N-dealkylation sites (tertiary alicyclic amines) is 1. The van der Waals surface area contributed by atoms with Crippen LogP contribution in [0.15, 0.2) is 36.4 Å². The van der Waals surface area contributed by atoms with Crippen molar-refractivity contribution < 1.29 is 14.7 Å². The van der Waals surface area contributed by atoms with Gasteiger partial charge in [0.05, 0.1) is 0 Å². The number of rotatable bonds is 6. The molecule has 1 heterocycles. The maximum atomic E-state index is 12.2. The minimum absolute atomic E-state index is 0.00800. The summed E-state index contributed by atoms with van der Waals surface area (Å²) in [6, 6.07) is 9.70. The highest BCUT2D eigenvalue weighted by molar-refractivity contribution is 5.92. The Morgan fingerprint density at radius 1 is 1.29 bits per heavy atom. The zero-order chi connectivity index (χ0) is 17.4. The number of amides is 2. The standard InChI is InChI=1S/C19H26N2O3/c1-15(11-14-22)20-19(24)17-9-12-21(13-10-17)18(23)8-7-16-5-3-2-4-6-16/h2-8,15,17,22H,9-14H2,1H3,(H,20,24)/b8-7+. The van der Waals surface area contributed by atoms with Crippen molar-refractivity contribution in [2.45, 2.75) is 32.2 Å². The summed E-state index contributed by atoms with van der Waals surface area (Å²) in [5.41, 5.74) is 0.998. The van der Waals surface area contributed by atoms with E-state index in [1.165, 1.54) is 0 Å². The van der Waals surface area contributed by atoms with Crippen LogP contribution in [0.3, 0.4) is 0 Å². The Morgan fingerprint density at radius 2 is 1.96 bits per heavy atom. The first-order chi connectivity index (χ1) is 11.6. The third-order valence-electron chi connectivity index (χ3n) is 4.35. The lowest BCUT2D eigenvalue weighted by atomic mass is 9.95. The smallest absolute Gasteiger partial charge is 0.246 e. The van der Waals surface area contributed by atoms with Crippen LogP contribution in [0.25, 0.3) is 6.08 Å². The molecule has 5 heteroatoms. The number of nitrogens with one attached hydrogen (secondary N) is 1. The molecule has 2 rings (SSSR count). The van der Waals surface area contributed by atoms with Gasteiger partial charge in [0.2, 0.25) is 11.8 Å². The van der Waals surface area contributed by atoms with Gasteiger partial charge in [-0.2, -0.15) is 0 Å². The van der Waals surface area contributed by atoms with Crippen LogP contribution in [-0.4, -0.2) is 47.6 Å². The summed E-state index contributed by atoms with van der Waals surface area (Å²) in [6.45, 7) is 3.16. The van der Waals surface area contributed by atoms with Crippen molar-refractivity contribution in [3.63, 3.8) is 0 Å². The molecule has 1 atom stereocenters. The third kappa shape index (κ3) is 5.49. The van der Waals surface area contributed by atoms with Gasteiger partial charge >= 0.3 is 0 Å². The Kier molecular flexibility index (Phi) is 7.00. The van der Waals surface area contributed by atoms with Gasteiger partial charge in [-0.1, -0.05) is 30.3 Å². The fourth-order valence-electron chi connectivity index (χ4n) is 2.83. The highest BCUT2D eigenvalue weighted by Crippen LogP contribution is 2.18. The lowest BCUT2D eigenvalue weighted by Crippen LogP contribution is -2.44.